The van der Waals surface area contributed by atoms with Gasteiger partial charge in [0.05, 0.1) is 13.2 Å². The standard InChI is InChI=1S/C13H20BrN5O3/c14-10-11(15-3-6-20)17-8-18-12(10)19-5-1-2-9(19)13(22)16-4-7-21/h8-9,20-21H,1-7H2,(H,16,22)(H,15,17,18). The van der Waals surface area contributed by atoms with Gasteiger partial charge < -0.3 is 25.7 Å². The Labute approximate surface area is 137 Å². The Kier molecular flexibility index (Phi) is 6.34. The molecule has 1 saturated heterocycles. The summed E-state index contributed by atoms with van der Waals surface area (Å²) in [6.07, 6.45) is 3.07. The smallest absolute Gasteiger partial charge is 0.242 e. The molecule has 1 atom stereocenters. The summed E-state index contributed by atoms with van der Waals surface area (Å²) in [4.78, 5) is 22.5. The van der Waals surface area contributed by atoms with E-state index in [1.807, 2.05) is 4.90 Å². The van der Waals surface area contributed by atoms with Gasteiger partial charge in [0.1, 0.15) is 28.5 Å². The van der Waals surface area contributed by atoms with Crippen LogP contribution in [0.15, 0.2) is 10.8 Å². The Morgan fingerprint density at radius 2 is 2.14 bits per heavy atom. The SMILES string of the molecule is O=C(NCCO)C1CCCN1c1ncnc(NCCO)c1Br. The molecule has 0 spiro atoms. The molecule has 1 fully saturated rings. The fraction of sp³-hybridized carbons (Fsp3) is 0.615. The predicted molar refractivity (Wildman–Crippen MR) is 85.8 cm³/mol. The molecule has 1 aromatic rings. The third kappa shape index (κ3) is 3.84. The van der Waals surface area contributed by atoms with Gasteiger partial charge >= 0.3 is 0 Å². The van der Waals surface area contributed by atoms with Crippen LogP contribution in [0.2, 0.25) is 0 Å². The summed E-state index contributed by atoms with van der Waals surface area (Å²) < 4.78 is 0.672. The van der Waals surface area contributed by atoms with Crippen LogP contribution in [0.1, 0.15) is 12.8 Å². The van der Waals surface area contributed by atoms with E-state index in [1.165, 1.54) is 6.33 Å². The molecule has 1 amide bonds. The Morgan fingerprint density at radius 1 is 1.36 bits per heavy atom. The Bertz CT molecular complexity index is 516. The fourth-order valence-electron chi connectivity index (χ4n) is 2.45. The minimum Gasteiger partial charge on any atom is -0.395 e. The second kappa shape index (κ2) is 8.25. The number of nitrogens with zero attached hydrogens (tertiary/aromatic N) is 3. The summed E-state index contributed by atoms with van der Waals surface area (Å²) >= 11 is 3.47. The van der Waals surface area contributed by atoms with Gasteiger partial charge in [0.15, 0.2) is 0 Å². The van der Waals surface area contributed by atoms with Crippen LogP contribution in [0.4, 0.5) is 11.6 Å². The molecule has 122 valence electrons. The zero-order valence-electron chi connectivity index (χ0n) is 12.1. The van der Waals surface area contributed by atoms with E-state index in [9.17, 15) is 4.79 Å². The van der Waals surface area contributed by atoms with Crippen molar-refractivity contribution in [3.63, 3.8) is 0 Å². The molecule has 0 bridgehead atoms. The van der Waals surface area contributed by atoms with Gasteiger partial charge in [-0.2, -0.15) is 0 Å². The molecular weight excluding hydrogens is 354 g/mol. The number of carbonyl (C=O) groups is 1. The quantitative estimate of drug-likeness (QED) is 0.520. The van der Waals surface area contributed by atoms with Crippen LogP contribution in [0.5, 0.6) is 0 Å². The zero-order chi connectivity index (χ0) is 15.9. The molecule has 0 saturated carbocycles. The zero-order valence-corrected chi connectivity index (χ0v) is 13.7. The third-order valence-electron chi connectivity index (χ3n) is 3.41. The molecule has 22 heavy (non-hydrogen) atoms. The first-order chi connectivity index (χ1) is 10.7. The highest BCUT2D eigenvalue weighted by molar-refractivity contribution is 9.10. The minimum absolute atomic E-state index is 0.00167. The number of aromatic nitrogens is 2. The molecule has 1 aromatic heterocycles. The lowest BCUT2D eigenvalue weighted by Gasteiger charge is -2.26. The predicted octanol–water partition coefficient (Wildman–Crippen LogP) is -0.279. The van der Waals surface area contributed by atoms with E-state index in [0.717, 1.165) is 19.4 Å². The molecule has 0 radical (unpaired) electrons. The summed E-state index contributed by atoms with van der Waals surface area (Å²) in [5, 5.41) is 23.4. The fourth-order valence-corrected chi connectivity index (χ4v) is 3.02. The van der Waals surface area contributed by atoms with E-state index in [0.29, 0.717) is 22.7 Å². The van der Waals surface area contributed by atoms with Gasteiger partial charge in [-0.3, -0.25) is 4.79 Å². The first-order valence-electron chi connectivity index (χ1n) is 7.19. The number of halogens is 1. The van der Waals surface area contributed by atoms with Crippen LogP contribution < -0.4 is 15.5 Å². The van der Waals surface area contributed by atoms with E-state index in [-0.39, 0.29) is 31.7 Å². The third-order valence-corrected chi connectivity index (χ3v) is 4.14. The summed E-state index contributed by atoms with van der Waals surface area (Å²) in [5.74, 6) is 1.12. The van der Waals surface area contributed by atoms with Crippen molar-refractivity contribution in [2.45, 2.75) is 18.9 Å². The highest BCUT2D eigenvalue weighted by Crippen LogP contribution is 2.33. The van der Waals surface area contributed by atoms with Gasteiger partial charge in [-0.25, -0.2) is 9.97 Å². The first kappa shape index (κ1) is 16.9. The first-order valence-corrected chi connectivity index (χ1v) is 7.98. The van der Waals surface area contributed by atoms with Crippen molar-refractivity contribution in [2.75, 3.05) is 43.1 Å². The highest BCUT2D eigenvalue weighted by atomic mass is 79.9. The van der Waals surface area contributed by atoms with Crippen LogP contribution in [-0.2, 0) is 4.79 Å². The van der Waals surface area contributed by atoms with Gasteiger partial charge in [0, 0.05) is 19.6 Å². The molecule has 2 rings (SSSR count). The van der Waals surface area contributed by atoms with Crippen molar-refractivity contribution < 1.29 is 15.0 Å². The van der Waals surface area contributed by atoms with Crippen molar-refractivity contribution in [3.8, 4) is 0 Å². The van der Waals surface area contributed by atoms with E-state index < -0.39 is 0 Å². The topological polar surface area (TPSA) is 111 Å². The maximum absolute atomic E-state index is 12.2. The minimum atomic E-state index is -0.302. The van der Waals surface area contributed by atoms with Gasteiger partial charge in [0.25, 0.3) is 0 Å². The van der Waals surface area contributed by atoms with Gasteiger partial charge in [-0.05, 0) is 28.8 Å². The van der Waals surface area contributed by atoms with Crippen molar-refractivity contribution in [2.24, 2.45) is 0 Å². The van der Waals surface area contributed by atoms with Crippen molar-refractivity contribution in [1.82, 2.24) is 15.3 Å². The summed E-state index contributed by atoms with van der Waals surface area (Å²) in [6.45, 7) is 1.28. The van der Waals surface area contributed by atoms with Crippen LogP contribution >= 0.6 is 15.9 Å². The molecule has 8 nitrogen and oxygen atoms in total. The Morgan fingerprint density at radius 3 is 2.86 bits per heavy atom. The second-order valence-corrected chi connectivity index (χ2v) is 5.67. The largest absolute Gasteiger partial charge is 0.395 e. The second-order valence-electron chi connectivity index (χ2n) is 4.88. The lowest BCUT2D eigenvalue weighted by atomic mass is 10.2. The molecule has 1 aliphatic heterocycles. The number of anilines is 2. The van der Waals surface area contributed by atoms with E-state index in [2.05, 4.69) is 36.5 Å². The summed E-state index contributed by atoms with van der Waals surface area (Å²) in [7, 11) is 0. The van der Waals surface area contributed by atoms with Crippen molar-refractivity contribution >= 4 is 33.5 Å². The lowest BCUT2D eigenvalue weighted by Crippen LogP contribution is -2.44. The number of aliphatic hydroxyl groups is 2. The number of rotatable bonds is 7. The van der Waals surface area contributed by atoms with Crippen LogP contribution in [0.25, 0.3) is 0 Å². The average Bonchev–Trinajstić information content (AvgIpc) is 3.01. The molecular formula is C13H20BrN5O3. The number of amides is 1. The number of hydrogen-bond donors (Lipinski definition) is 4. The lowest BCUT2D eigenvalue weighted by molar-refractivity contribution is -0.122. The Balaban J connectivity index is 2.17. The molecule has 2 heterocycles. The molecule has 1 unspecified atom stereocenters. The van der Waals surface area contributed by atoms with Crippen molar-refractivity contribution in [1.29, 1.82) is 0 Å². The number of aliphatic hydroxyl groups excluding tert-OH is 2. The van der Waals surface area contributed by atoms with Crippen LogP contribution in [0.3, 0.4) is 0 Å². The monoisotopic (exact) mass is 373 g/mol. The molecule has 0 aromatic carbocycles. The molecule has 9 heteroatoms. The van der Waals surface area contributed by atoms with Crippen molar-refractivity contribution in [3.05, 3.63) is 10.8 Å². The highest BCUT2D eigenvalue weighted by Gasteiger charge is 2.33. The number of nitrogens with one attached hydrogen (secondary N) is 2. The Hall–Kier alpha value is -1.45. The van der Waals surface area contributed by atoms with Gasteiger partial charge in [-0.15, -0.1) is 0 Å². The van der Waals surface area contributed by atoms with E-state index >= 15 is 0 Å². The normalized spacial score (nSPS) is 17.6. The summed E-state index contributed by atoms with van der Waals surface area (Å²) in [5.41, 5.74) is 0. The molecule has 1 aliphatic rings. The maximum Gasteiger partial charge on any atom is 0.242 e. The maximum atomic E-state index is 12.2. The summed E-state index contributed by atoms with van der Waals surface area (Å²) in [6, 6.07) is -0.302. The number of carbonyl (C=O) groups excluding carboxylic acids is 1. The molecule has 0 aliphatic carbocycles. The van der Waals surface area contributed by atoms with Gasteiger partial charge in [-0.1, -0.05) is 0 Å². The van der Waals surface area contributed by atoms with Gasteiger partial charge in [0.2, 0.25) is 5.91 Å². The molecule has 4 N–H and O–H groups in total. The van der Waals surface area contributed by atoms with Crippen LogP contribution in [0, 0.1) is 0 Å². The average molecular weight is 374 g/mol. The van der Waals surface area contributed by atoms with E-state index in [1.54, 1.807) is 0 Å². The van der Waals surface area contributed by atoms with E-state index in [4.69, 9.17) is 10.2 Å². The van der Waals surface area contributed by atoms with Crippen LogP contribution in [-0.4, -0.2) is 65.0 Å². The number of hydrogen-bond acceptors (Lipinski definition) is 7.